The van der Waals surface area contributed by atoms with E-state index in [0.29, 0.717) is 31.2 Å². The van der Waals surface area contributed by atoms with E-state index in [4.69, 9.17) is 9.73 Å². The fourth-order valence-electron chi connectivity index (χ4n) is 5.44. The van der Waals surface area contributed by atoms with Crippen LogP contribution in [0, 0.1) is 0 Å². The fourth-order valence-corrected chi connectivity index (χ4v) is 5.44. The number of hydrogen-bond donors (Lipinski definition) is 1. The van der Waals surface area contributed by atoms with Crippen LogP contribution in [0.2, 0.25) is 0 Å². The van der Waals surface area contributed by atoms with Crippen molar-refractivity contribution in [3.05, 3.63) is 64.5 Å². The topological polar surface area (TPSA) is 107 Å². The van der Waals surface area contributed by atoms with Gasteiger partial charge in [-0.25, -0.2) is 14.7 Å². The second-order valence-electron chi connectivity index (χ2n) is 10.8. The number of rotatable bonds is 6. The Bertz CT molecular complexity index is 1440. The Morgan fingerprint density at radius 1 is 1.13 bits per heavy atom. The lowest BCUT2D eigenvalue weighted by molar-refractivity contribution is -0.116. The van der Waals surface area contributed by atoms with Gasteiger partial charge in [0.15, 0.2) is 11.7 Å². The third kappa shape index (κ3) is 4.32. The Kier molecular flexibility index (Phi) is 6.14. The van der Waals surface area contributed by atoms with E-state index >= 15 is 0 Å². The van der Waals surface area contributed by atoms with E-state index < -0.39 is 5.54 Å². The monoisotopic (exact) mass is 515 g/mol. The first-order valence-corrected chi connectivity index (χ1v) is 13.3. The van der Waals surface area contributed by atoms with Gasteiger partial charge in [-0.3, -0.25) is 14.2 Å². The number of fused-ring (bicyclic) bond motifs is 1. The summed E-state index contributed by atoms with van der Waals surface area (Å²) in [4.78, 5) is 37.6. The summed E-state index contributed by atoms with van der Waals surface area (Å²) in [7, 11) is 1.88. The smallest absolute Gasteiger partial charge is 0.287 e. The van der Waals surface area contributed by atoms with Crippen molar-refractivity contribution in [3.8, 4) is 11.1 Å². The van der Waals surface area contributed by atoms with E-state index in [1.807, 2.05) is 47.1 Å². The van der Waals surface area contributed by atoms with E-state index in [9.17, 15) is 9.59 Å². The molecule has 6 rings (SSSR count). The number of nitrogens with one attached hydrogen (secondary N) is 1. The number of carbonyl (C=O) groups is 1. The van der Waals surface area contributed by atoms with Gasteiger partial charge in [0.05, 0.1) is 23.6 Å². The maximum Gasteiger partial charge on any atom is 0.287 e. The van der Waals surface area contributed by atoms with Crippen LogP contribution in [0.3, 0.4) is 0 Å². The molecule has 4 heterocycles. The zero-order chi connectivity index (χ0) is 26.4. The first kappa shape index (κ1) is 24.5. The van der Waals surface area contributed by atoms with Crippen LogP contribution in [-0.2, 0) is 21.6 Å². The van der Waals surface area contributed by atoms with Crippen LogP contribution in [0.1, 0.15) is 62.7 Å². The van der Waals surface area contributed by atoms with Crippen LogP contribution >= 0.6 is 0 Å². The largest absolute Gasteiger partial charge is 0.381 e. The number of ether oxygens (including phenoxy) is 1. The van der Waals surface area contributed by atoms with Gasteiger partial charge in [0.25, 0.3) is 11.5 Å². The molecule has 0 spiro atoms. The molecule has 2 fully saturated rings. The van der Waals surface area contributed by atoms with Crippen molar-refractivity contribution in [1.29, 1.82) is 0 Å². The van der Waals surface area contributed by atoms with Crippen molar-refractivity contribution in [3.63, 3.8) is 0 Å². The average Bonchev–Trinajstić information content (AvgIpc) is 3.58. The van der Waals surface area contributed by atoms with Gasteiger partial charge in [0, 0.05) is 50.7 Å². The predicted octanol–water partition coefficient (Wildman–Crippen LogP) is 3.32. The van der Waals surface area contributed by atoms with Gasteiger partial charge >= 0.3 is 0 Å². The van der Waals surface area contributed by atoms with E-state index in [0.717, 1.165) is 48.2 Å². The van der Waals surface area contributed by atoms with E-state index in [-0.39, 0.29) is 23.6 Å². The zero-order valence-electron chi connectivity index (χ0n) is 22.1. The lowest BCUT2D eigenvalue weighted by Crippen LogP contribution is -2.46. The van der Waals surface area contributed by atoms with Gasteiger partial charge < -0.3 is 15.0 Å². The molecule has 38 heavy (non-hydrogen) atoms. The number of amidine groups is 1. The highest BCUT2D eigenvalue weighted by Gasteiger charge is 2.46. The van der Waals surface area contributed by atoms with E-state index in [1.54, 1.807) is 17.1 Å². The first-order valence-electron chi connectivity index (χ1n) is 13.3. The first-order chi connectivity index (χ1) is 18.4. The molecular weight excluding hydrogens is 482 g/mol. The van der Waals surface area contributed by atoms with Crippen LogP contribution in [0.25, 0.3) is 11.1 Å². The van der Waals surface area contributed by atoms with Gasteiger partial charge in [0.1, 0.15) is 0 Å². The normalized spacial score (nSPS) is 18.7. The number of hydrogen-bond acceptors (Lipinski definition) is 7. The predicted molar refractivity (Wildman–Crippen MR) is 143 cm³/mol. The number of carbonyl (C=O) groups excluding carboxylic acids is 1. The maximum absolute atomic E-state index is 13.4. The molecule has 198 valence electrons. The standard InChI is InChI=1S/C28H33N7O3/c1-18(2)35-24-20(14-30-35)16-33(3)25(31-24)26(36)32-28(10-11-28)21-6-4-19(5-7-21)23-15-29-17-34(27(23)37)22-8-12-38-13-9-22/h4-7,14-15,17-18,22H,8-13,16H2,1-3H3,(H,32,36). The minimum Gasteiger partial charge on any atom is -0.381 e. The van der Waals surface area contributed by atoms with Crippen LogP contribution < -0.4 is 10.9 Å². The van der Waals surface area contributed by atoms with Crippen molar-refractivity contribution >= 4 is 17.6 Å². The molecule has 2 aromatic heterocycles. The highest BCUT2D eigenvalue weighted by atomic mass is 16.5. The summed E-state index contributed by atoms with van der Waals surface area (Å²) in [5.41, 5.74) is 2.98. The van der Waals surface area contributed by atoms with Gasteiger partial charge in [-0.1, -0.05) is 24.3 Å². The molecule has 1 saturated heterocycles. The van der Waals surface area contributed by atoms with Crippen molar-refractivity contribution in [2.24, 2.45) is 4.99 Å². The molecule has 1 aromatic carbocycles. The summed E-state index contributed by atoms with van der Waals surface area (Å²) in [6.45, 7) is 6.01. The third-order valence-electron chi connectivity index (χ3n) is 7.81. The van der Waals surface area contributed by atoms with Gasteiger partial charge in [-0.05, 0) is 50.7 Å². The van der Waals surface area contributed by atoms with Crippen LogP contribution in [0.4, 0.5) is 5.82 Å². The van der Waals surface area contributed by atoms with Crippen molar-refractivity contribution in [2.45, 2.75) is 63.7 Å². The summed E-state index contributed by atoms with van der Waals surface area (Å²) in [5, 5.41) is 7.70. The summed E-state index contributed by atoms with van der Waals surface area (Å²) in [5.74, 6) is 0.954. The van der Waals surface area contributed by atoms with E-state index in [2.05, 4.69) is 29.2 Å². The Morgan fingerprint density at radius 3 is 2.55 bits per heavy atom. The molecule has 1 N–H and O–H groups in total. The molecule has 1 aliphatic carbocycles. The Hall–Kier alpha value is -3.79. The molecule has 10 heteroatoms. The summed E-state index contributed by atoms with van der Waals surface area (Å²) in [6.07, 6.45) is 8.43. The molecule has 10 nitrogen and oxygen atoms in total. The summed E-state index contributed by atoms with van der Waals surface area (Å²) < 4.78 is 9.04. The number of benzene rings is 1. The fraction of sp³-hybridized carbons (Fsp3) is 0.464. The van der Waals surface area contributed by atoms with Crippen molar-refractivity contribution in [2.75, 3.05) is 20.3 Å². The summed E-state index contributed by atoms with van der Waals surface area (Å²) >= 11 is 0. The molecule has 2 aliphatic heterocycles. The summed E-state index contributed by atoms with van der Waals surface area (Å²) in [6, 6.07) is 8.18. The number of nitrogens with zero attached hydrogens (tertiary/aromatic N) is 6. The number of amides is 1. The van der Waals surface area contributed by atoms with Gasteiger partial charge in [-0.15, -0.1) is 0 Å². The quantitative estimate of drug-likeness (QED) is 0.540. The Morgan fingerprint density at radius 2 is 1.87 bits per heavy atom. The molecule has 3 aliphatic rings. The second-order valence-corrected chi connectivity index (χ2v) is 10.8. The molecule has 3 aromatic rings. The average molecular weight is 516 g/mol. The molecule has 0 atom stereocenters. The van der Waals surface area contributed by atoms with Crippen LogP contribution in [0.5, 0.6) is 0 Å². The van der Waals surface area contributed by atoms with Crippen LogP contribution in [0.15, 0.2) is 52.8 Å². The minimum absolute atomic E-state index is 0.0348. The number of likely N-dealkylation sites (N-methyl/N-ethyl adjacent to an activating group) is 1. The highest BCUT2D eigenvalue weighted by Crippen LogP contribution is 2.46. The lowest BCUT2D eigenvalue weighted by atomic mass is 10.00. The highest BCUT2D eigenvalue weighted by molar-refractivity contribution is 6.38. The number of aliphatic imine (C=N–C) groups is 1. The van der Waals surface area contributed by atoms with Crippen molar-refractivity contribution < 1.29 is 9.53 Å². The van der Waals surface area contributed by atoms with Crippen molar-refractivity contribution in [1.82, 2.24) is 29.5 Å². The second kappa shape index (κ2) is 9.50. The molecule has 1 amide bonds. The van der Waals surface area contributed by atoms with Gasteiger partial charge in [0.2, 0.25) is 0 Å². The molecule has 0 bridgehead atoms. The van der Waals surface area contributed by atoms with E-state index in [1.165, 1.54) is 0 Å². The molecular formula is C28H33N7O3. The number of aromatic nitrogens is 4. The Balaban J connectivity index is 1.22. The zero-order valence-corrected chi connectivity index (χ0v) is 22.1. The molecule has 1 saturated carbocycles. The van der Waals surface area contributed by atoms with Gasteiger partial charge in [-0.2, -0.15) is 5.10 Å². The minimum atomic E-state index is -0.422. The third-order valence-corrected chi connectivity index (χ3v) is 7.81. The lowest BCUT2D eigenvalue weighted by Gasteiger charge is -2.27. The van der Waals surface area contributed by atoms with Crippen LogP contribution in [-0.4, -0.2) is 56.2 Å². The Labute approximate surface area is 221 Å². The maximum atomic E-state index is 13.4. The molecule has 0 unspecified atom stereocenters. The molecule has 0 radical (unpaired) electrons. The SMILES string of the molecule is CC(C)n1ncc2c1N=C(C(=O)NC1(c3ccc(-c4cncn(C5CCOCC5)c4=O)cc3)CC1)N(C)C2.